The van der Waals surface area contributed by atoms with Crippen LogP contribution in [0.2, 0.25) is 0 Å². The second-order valence-electron chi connectivity index (χ2n) is 1.95. The average molecular weight is 212 g/mol. The highest BCUT2D eigenvalue weighted by Gasteiger charge is 1.96. The summed E-state index contributed by atoms with van der Waals surface area (Å²) in [6.45, 7) is 5.33. The lowest BCUT2D eigenvalue weighted by Gasteiger charge is -1.88. The number of benzene rings is 1. The van der Waals surface area contributed by atoms with Crippen LogP contribution in [0.25, 0.3) is 0 Å². The number of nitrogens with zero attached hydrogens (tertiary/aromatic N) is 2. The molecule has 0 heterocycles. The van der Waals surface area contributed by atoms with E-state index < -0.39 is 5.97 Å². The van der Waals surface area contributed by atoms with Crippen molar-refractivity contribution in [3.8, 4) is 0 Å². The van der Waals surface area contributed by atoms with Gasteiger partial charge in [0.2, 0.25) is 0 Å². The van der Waals surface area contributed by atoms with E-state index in [9.17, 15) is 4.79 Å². The van der Waals surface area contributed by atoms with E-state index in [0.29, 0.717) is 5.56 Å². The lowest BCUT2D eigenvalue weighted by Crippen LogP contribution is -1.93. The molecule has 0 saturated heterocycles. The van der Waals surface area contributed by atoms with Crippen LogP contribution in [0.5, 0.6) is 0 Å². The Morgan fingerprint density at radius 1 is 1.07 bits per heavy atom. The first kappa shape index (κ1) is 15.1. The standard InChI is InChI=1S/C7H6O2.2CH3NO/c8-7(9)6-4-2-1-3-5-6;2*1-2-3/h1-5H,(H,8,9);2*3H,1H2. The molecule has 0 bridgehead atoms. The third-order valence-electron chi connectivity index (χ3n) is 1.02. The van der Waals surface area contributed by atoms with Crippen LogP contribution < -0.4 is 0 Å². The first-order chi connectivity index (χ1) is 7.13. The van der Waals surface area contributed by atoms with Gasteiger partial charge >= 0.3 is 5.97 Å². The highest BCUT2D eigenvalue weighted by molar-refractivity contribution is 5.87. The topological polar surface area (TPSA) is 102 Å². The smallest absolute Gasteiger partial charge is 0.335 e. The Bertz CT molecular complexity index is 281. The van der Waals surface area contributed by atoms with E-state index in [-0.39, 0.29) is 0 Å². The van der Waals surface area contributed by atoms with Gasteiger partial charge in [-0.25, -0.2) is 4.79 Å². The number of aromatic carboxylic acids is 1. The summed E-state index contributed by atoms with van der Waals surface area (Å²) < 4.78 is 0. The molecule has 0 aromatic heterocycles. The highest BCUT2D eigenvalue weighted by Crippen LogP contribution is 1.96. The van der Waals surface area contributed by atoms with E-state index in [2.05, 4.69) is 23.7 Å². The molecule has 6 heteroatoms. The van der Waals surface area contributed by atoms with E-state index in [0.717, 1.165) is 0 Å². The Hall–Kier alpha value is -2.37. The van der Waals surface area contributed by atoms with E-state index in [4.69, 9.17) is 15.5 Å². The summed E-state index contributed by atoms with van der Waals surface area (Å²) in [5.74, 6) is -0.879. The summed E-state index contributed by atoms with van der Waals surface area (Å²) in [5, 5.41) is 27.1. The highest BCUT2D eigenvalue weighted by atomic mass is 16.4. The molecule has 0 aliphatic heterocycles. The predicted octanol–water partition coefficient (Wildman–Crippen LogP) is 1.54. The second-order valence-corrected chi connectivity index (χ2v) is 1.95. The SMILES string of the molecule is C=NO.C=NO.O=C(O)c1ccccc1. The van der Waals surface area contributed by atoms with Gasteiger partial charge in [0, 0.05) is 13.4 Å². The van der Waals surface area contributed by atoms with Crippen molar-refractivity contribution in [1.29, 1.82) is 0 Å². The van der Waals surface area contributed by atoms with Crippen molar-refractivity contribution in [3.63, 3.8) is 0 Å². The van der Waals surface area contributed by atoms with Crippen molar-refractivity contribution in [2.45, 2.75) is 0 Å². The quantitative estimate of drug-likeness (QED) is 0.373. The van der Waals surface area contributed by atoms with Gasteiger partial charge < -0.3 is 15.5 Å². The Morgan fingerprint density at radius 2 is 1.40 bits per heavy atom. The molecule has 0 amide bonds. The van der Waals surface area contributed by atoms with E-state index in [1.54, 1.807) is 30.3 Å². The van der Waals surface area contributed by atoms with Crippen molar-refractivity contribution in [2.24, 2.45) is 10.3 Å². The summed E-state index contributed by atoms with van der Waals surface area (Å²) in [6.07, 6.45) is 0. The number of hydrogen-bond donors (Lipinski definition) is 3. The maximum atomic E-state index is 10.2. The van der Waals surface area contributed by atoms with Crippen molar-refractivity contribution in [1.82, 2.24) is 0 Å². The van der Waals surface area contributed by atoms with Gasteiger partial charge in [0.05, 0.1) is 5.56 Å². The molecule has 1 aromatic rings. The van der Waals surface area contributed by atoms with Gasteiger partial charge in [-0.3, -0.25) is 0 Å². The van der Waals surface area contributed by atoms with E-state index >= 15 is 0 Å². The Kier molecular flexibility index (Phi) is 11.7. The third-order valence-corrected chi connectivity index (χ3v) is 1.02. The number of carbonyl (C=O) groups is 1. The molecular formula is C9H12N2O4. The normalized spacial score (nSPS) is 6.93. The minimum absolute atomic E-state index is 0.331. The van der Waals surface area contributed by atoms with Crippen LogP contribution in [0.15, 0.2) is 40.6 Å². The van der Waals surface area contributed by atoms with Gasteiger partial charge in [-0.2, -0.15) is 0 Å². The summed E-state index contributed by atoms with van der Waals surface area (Å²) in [6, 6.07) is 8.30. The maximum absolute atomic E-state index is 10.2. The van der Waals surface area contributed by atoms with Crippen molar-refractivity contribution in [2.75, 3.05) is 0 Å². The molecule has 15 heavy (non-hydrogen) atoms. The van der Waals surface area contributed by atoms with Crippen LogP contribution in [-0.4, -0.2) is 34.9 Å². The first-order valence-corrected chi connectivity index (χ1v) is 3.62. The molecule has 1 aromatic carbocycles. The number of rotatable bonds is 1. The number of carboxylic acids is 1. The fourth-order valence-electron chi connectivity index (χ4n) is 0.581. The number of oxime groups is 2. The minimum atomic E-state index is -0.879. The van der Waals surface area contributed by atoms with Gasteiger partial charge in [0.15, 0.2) is 0 Å². The molecule has 0 aliphatic carbocycles. The molecule has 0 spiro atoms. The van der Waals surface area contributed by atoms with Crippen molar-refractivity contribution in [3.05, 3.63) is 35.9 Å². The first-order valence-electron chi connectivity index (χ1n) is 3.62. The van der Waals surface area contributed by atoms with Crippen LogP contribution in [0.3, 0.4) is 0 Å². The second kappa shape index (κ2) is 11.6. The van der Waals surface area contributed by atoms with Crippen LogP contribution in [0.4, 0.5) is 0 Å². The summed E-state index contributed by atoms with van der Waals surface area (Å²) in [7, 11) is 0. The molecule has 0 aliphatic rings. The monoisotopic (exact) mass is 212 g/mol. The Morgan fingerprint density at radius 3 is 1.60 bits per heavy atom. The van der Waals surface area contributed by atoms with Crippen LogP contribution in [0.1, 0.15) is 10.4 Å². The fourth-order valence-corrected chi connectivity index (χ4v) is 0.581. The molecule has 0 fully saturated rings. The molecule has 6 nitrogen and oxygen atoms in total. The third kappa shape index (κ3) is 11.6. The van der Waals surface area contributed by atoms with Gasteiger partial charge in [0.25, 0.3) is 0 Å². The summed E-state index contributed by atoms with van der Waals surface area (Å²) >= 11 is 0. The molecule has 0 atom stereocenters. The molecule has 3 N–H and O–H groups in total. The molecular weight excluding hydrogens is 200 g/mol. The summed E-state index contributed by atoms with van der Waals surface area (Å²) in [4.78, 5) is 10.2. The minimum Gasteiger partial charge on any atom is -0.478 e. The molecule has 0 saturated carbocycles. The molecule has 0 radical (unpaired) electrons. The van der Waals surface area contributed by atoms with E-state index in [1.807, 2.05) is 0 Å². The van der Waals surface area contributed by atoms with Crippen LogP contribution in [-0.2, 0) is 0 Å². The lowest BCUT2D eigenvalue weighted by molar-refractivity contribution is 0.0697. The zero-order valence-corrected chi connectivity index (χ0v) is 7.95. The maximum Gasteiger partial charge on any atom is 0.335 e. The zero-order chi connectivity index (χ0) is 12.1. The zero-order valence-electron chi connectivity index (χ0n) is 7.95. The van der Waals surface area contributed by atoms with E-state index in [1.165, 1.54) is 0 Å². The van der Waals surface area contributed by atoms with Gasteiger partial charge in [-0.15, -0.1) is 10.3 Å². The van der Waals surface area contributed by atoms with Crippen LogP contribution >= 0.6 is 0 Å². The average Bonchev–Trinajstić information content (AvgIpc) is 2.21. The van der Waals surface area contributed by atoms with Gasteiger partial charge in [-0.05, 0) is 12.1 Å². The van der Waals surface area contributed by atoms with Gasteiger partial charge in [0.1, 0.15) is 0 Å². The van der Waals surface area contributed by atoms with Gasteiger partial charge in [-0.1, -0.05) is 18.2 Å². The Labute approximate surface area is 86.8 Å². The molecule has 0 unspecified atom stereocenters. The molecule has 1 rings (SSSR count). The fraction of sp³-hybridized carbons (Fsp3) is 0. The van der Waals surface area contributed by atoms with Crippen molar-refractivity contribution < 1.29 is 20.3 Å². The largest absolute Gasteiger partial charge is 0.478 e. The summed E-state index contributed by atoms with van der Waals surface area (Å²) in [5.41, 5.74) is 0.331. The lowest BCUT2D eigenvalue weighted by atomic mass is 10.2. The van der Waals surface area contributed by atoms with Crippen LogP contribution in [0, 0.1) is 0 Å². The van der Waals surface area contributed by atoms with Crippen molar-refractivity contribution >= 4 is 19.4 Å². The predicted molar refractivity (Wildman–Crippen MR) is 56.1 cm³/mol. The molecule has 82 valence electrons. The number of hydrogen-bond acceptors (Lipinski definition) is 5. The Balaban J connectivity index is 0. The number of carboxylic acid groups (broad SMARTS) is 1.